The van der Waals surface area contributed by atoms with Crippen molar-refractivity contribution in [3.8, 4) is 16.8 Å². The minimum Gasteiger partial charge on any atom is -0.455 e. The van der Waals surface area contributed by atoms with Gasteiger partial charge >= 0.3 is 0 Å². The molecule has 10 rings (SSSR count). The summed E-state index contributed by atoms with van der Waals surface area (Å²) >= 11 is 0. The van der Waals surface area contributed by atoms with Crippen molar-refractivity contribution in [1.29, 1.82) is 0 Å². The van der Waals surface area contributed by atoms with Crippen molar-refractivity contribution >= 4 is 71.6 Å². The van der Waals surface area contributed by atoms with Crippen LogP contribution < -0.4 is 4.90 Å². The molecular weight excluding hydrogens is 597 g/mol. The molecule has 0 atom stereocenters. The summed E-state index contributed by atoms with van der Waals surface area (Å²) in [5, 5.41) is -3.52. The predicted molar refractivity (Wildman–Crippen MR) is 206 cm³/mol. The zero-order valence-corrected chi connectivity index (χ0v) is 24.3. The first-order valence-electron chi connectivity index (χ1n) is 29.2. The third-order valence-corrected chi connectivity index (χ3v) is 7.62. The Morgan fingerprint density at radius 3 is 1.76 bits per heavy atom. The first-order valence-corrected chi connectivity index (χ1v) is 14.2. The molecule has 0 amide bonds. The summed E-state index contributed by atoms with van der Waals surface area (Å²) in [4.78, 5) is 0.409. The monoisotopic (exact) mass is 656 g/mol. The summed E-state index contributed by atoms with van der Waals surface area (Å²) in [5.74, 6) is 0. The summed E-state index contributed by atoms with van der Waals surface area (Å²) in [6.07, 6.45) is 0. The van der Waals surface area contributed by atoms with E-state index in [0.29, 0.717) is 9.47 Å². The molecular formula is C46H30N2O. The zero-order valence-electron chi connectivity index (χ0n) is 54.3. The van der Waals surface area contributed by atoms with Crippen LogP contribution in [0.4, 0.5) is 17.1 Å². The third kappa shape index (κ3) is 4.37. The Hall–Kier alpha value is -6.58. The molecule has 0 N–H and O–H groups in total. The summed E-state index contributed by atoms with van der Waals surface area (Å²) < 4.78 is 276. The fourth-order valence-corrected chi connectivity index (χ4v) is 5.54. The van der Waals surface area contributed by atoms with Crippen molar-refractivity contribution in [3.63, 3.8) is 0 Å². The van der Waals surface area contributed by atoms with E-state index in [4.69, 9.17) is 31.8 Å². The molecule has 0 bridgehead atoms. The van der Waals surface area contributed by atoms with E-state index < -0.39 is 270 Å². The minimum atomic E-state index is -1.28. The van der Waals surface area contributed by atoms with E-state index in [0.717, 1.165) is 0 Å². The van der Waals surface area contributed by atoms with Crippen LogP contribution in [0.25, 0.3) is 71.3 Å². The lowest BCUT2D eigenvalue weighted by atomic mass is 10.0. The Labute approximate surface area is 325 Å². The largest absolute Gasteiger partial charge is 0.455 e. The van der Waals surface area contributed by atoms with E-state index in [1.807, 2.05) is 0 Å². The van der Waals surface area contributed by atoms with Gasteiger partial charge in [-0.25, -0.2) is 0 Å². The molecule has 0 spiro atoms. The highest BCUT2D eigenvalue weighted by Crippen LogP contribution is 2.45. The van der Waals surface area contributed by atoms with Crippen LogP contribution in [0.5, 0.6) is 0 Å². The summed E-state index contributed by atoms with van der Waals surface area (Å²) in [6.45, 7) is 0. The molecule has 0 radical (unpaired) electrons. The Morgan fingerprint density at radius 1 is 0.449 bits per heavy atom. The van der Waals surface area contributed by atoms with Crippen molar-refractivity contribution in [2.75, 3.05) is 4.90 Å². The number of anilines is 3. The van der Waals surface area contributed by atoms with Crippen molar-refractivity contribution in [2.45, 2.75) is 0 Å². The van der Waals surface area contributed by atoms with E-state index in [1.165, 1.54) is 0 Å². The molecule has 230 valence electrons. The Morgan fingerprint density at radius 2 is 1.04 bits per heavy atom. The lowest BCUT2D eigenvalue weighted by Gasteiger charge is -2.27. The van der Waals surface area contributed by atoms with Crippen molar-refractivity contribution in [2.24, 2.45) is 0 Å². The quantitative estimate of drug-likeness (QED) is 0.184. The van der Waals surface area contributed by atoms with Crippen molar-refractivity contribution in [1.82, 2.24) is 4.57 Å². The van der Waals surface area contributed by atoms with Gasteiger partial charge in [0.05, 0.1) is 63.2 Å². The van der Waals surface area contributed by atoms with Crippen LogP contribution in [-0.2, 0) is 0 Å². The van der Waals surface area contributed by atoms with Crippen LogP contribution >= 0.6 is 0 Å². The molecule has 49 heavy (non-hydrogen) atoms. The summed E-state index contributed by atoms with van der Waals surface area (Å²) in [6, 6.07) is -29.9. The van der Waals surface area contributed by atoms with Crippen LogP contribution in [0.1, 0.15) is 41.1 Å². The van der Waals surface area contributed by atoms with Gasteiger partial charge in [0.2, 0.25) is 0 Å². The molecule has 3 nitrogen and oxygen atoms in total. The van der Waals surface area contributed by atoms with Crippen LogP contribution in [-0.4, -0.2) is 4.57 Å². The molecule has 0 saturated carbocycles. The molecule has 0 aliphatic heterocycles. The maximum atomic E-state index is 9.80. The van der Waals surface area contributed by atoms with E-state index >= 15 is 0 Å². The first kappa shape index (κ1) is 11.0. The van der Waals surface area contributed by atoms with E-state index in [1.54, 1.807) is 0 Å². The normalized spacial score (nSPS) is 20.2. The Kier molecular flexibility index (Phi) is 2.47. The molecule has 0 aliphatic rings. The van der Waals surface area contributed by atoms with Gasteiger partial charge in [0.1, 0.15) is 11.2 Å². The van der Waals surface area contributed by atoms with Gasteiger partial charge in [0, 0.05) is 38.6 Å². The predicted octanol–water partition coefficient (Wildman–Crippen LogP) is 13.0. The highest BCUT2D eigenvalue weighted by Gasteiger charge is 2.21. The standard InChI is InChI=1S/C46H30N2O/c1-2-11-31(12-3-1)32-21-24-34(25-22-32)47(43-19-10-20-44-45(43)40-30-23-33-13-4-5-14-37(33)46(40)49-44)35-26-28-36(29-27-35)48-41-17-8-6-15-38(41)39-16-7-9-18-42(39)48/h1-30H/i1D,2D,3D,4D,5D,6D,7D,8D,9D,10D,11D,12D,13D,14D,15D,16D,17D,18D,19D,20D,21D,22D,23D,24D,25D,26D,27D,28D,29D,30D. The zero-order chi connectivity index (χ0) is 58.4. The molecule has 10 aromatic rings. The Bertz CT molecular complexity index is 4400. The molecule has 8 aromatic carbocycles. The van der Waals surface area contributed by atoms with Crippen LogP contribution in [0, 0.1) is 0 Å². The van der Waals surface area contributed by atoms with E-state index in [2.05, 4.69) is 0 Å². The molecule has 2 aromatic heterocycles. The third-order valence-electron chi connectivity index (χ3n) is 7.62. The highest BCUT2D eigenvalue weighted by atomic mass is 16.3. The lowest BCUT2D eigenvalue weighted by Crippen LogP contribution is -2.10. The second kappa shape index (κ2) is 11.0. The maximum absolute atomic E-state index is 9.80. The molecule has 0 unspecified atom stereocenters. The average molecular weight is 657 g/mol. The van der Waals surface area contributed by atoms with Crippen LogP contribution in [0.3, 0.4) is 0 Å². The van der Waals surface area contributed by atoms with Gasteiger partial charge in [-0.15, -0.1) is 0 Å². The fraction of sp³-hybridized carbons (Fsp3) is 0. The first-order chi connectivity index (χ1) is 36.8. The van der Waals surface area contributed by atoms with Gasteiger partial charge in [-0.2, -0.15) is 0 Å². The number of nitrogens with zero attached hydrogens (tertiary/aromatic N) is 2. The molecule has 3 heteroatoms. The van der Waals surface area contributed by atoms with Crippen LogP contribution in [0.15, 0.2) is 186 Å². The van der Waals surface area contributed by atoms with Gasteiger partial charge in [-0.05, 0) is 83.0 Å². The topological polar surface area (TPSA) is 21.3 Å². The number of hydrogen-bond donors (Lipinski definition) is 0. The second-order valence-electron chi connectivity index (χ2n) is 10.3. The van der Waals surface area contributed by atoms with Gasteiger partial charge in [0.15, 0.2) is 0 Å². The summed E-state index contributed by atoms with van der Waals surface area (Å²) in [7, 11) is 0. The van der Waals surface area contributed by atoms with Crippen molar-refractivity contribution in [3.05, 3.63) is 181 Å². The number of rotatable bonds is 5. The number of benzene rings is 8. The van der Waals surface area contributed by atoms with E-state index in [-0.39, 0.29) is 0 Å². The van der Waals surface area contributed by atoms with Crippen molar-refractivity contribution < 1.29 is 45.5 Å². The van der Waals surface area contributed by atoms with Gasteiger partial charge in [-0.1, -0.05) is 115 Å². The molecule has 0 saturated heterocycles. The SMILES string of the molecule is [2H]c1c([2H])c([2H])c(-c2c([2H])c([2H])c(N(c3c([2H])c([2H])c(-n4c5c([2H])c([2H])c([2H])c([2H])c5c5c([2H])c([2H])c([2H])c([2H])c54)c([2H])c3[2H])c3c([2H])c([2H])c([2H])c4oc5c6c([2H])c([2H])c([2H])c([2H])c6c([2H])c([2H])c5c34)c([2H])c2[2H])c([2H])c1[2H]. The van der Waals surface area contributed by atoms with Crippen LogP contribution in [0.2, 0.25) is 0 Å². The van der Waals surface area contributed by atoms with E-state index in [9.17, 15) is 13.7 Å². The van der Waals surface area contributed by atoms with Gasteiger partial charge < -0.3 is 13.9 Å². The number of furan rings is 1. The average Bonchev–Trinajstić information content (AvgIpc) is 4.22. The number of para-hydroxylation sites is 2. The minimum absolute atomic E-state index is 0.409. The smallest absolute Gasteiger partial charge is 0.143 e. The fourth-order valence-electron chi connectivity index (χ4n) is 5.54. The number of aromatic nitrogens is 1. The lowest BCUT2D eigenvalue weighted by molar-refractivity contribution is 0.672. The van der Waals surface area contributed by atoms with Gasteiger partial charge in [-0.3, -0.25) is 0 Å². The molecule has 2 heterocycles. The molecule has 0 aliphatic carbocycles. The molecule has 0 fully saturated rings. The summed E-state index contributed by atoms with van der Waals surface area (Å²) in [5.41, 5.74) is -8.69. The van der Waals surface area contributed by atoms with Gasteiger partial charge in [0.25, 0.3) is 0 Å². The Balaban J connectivity index is 1.45. The highest BCUT2D eigenvalue weighted by molar-refractivity contribution is 6.19. The number of hydrogen-bond acceptors (Lipinski definition) is 2. The second-order valence-corrected chi connectivity index (χ2v) is 10.3. The number of fused-ring (bicyclic) bond motifs is 8. The maximum Gasteiger partial charge on any atom is 0.143 e.